The third-order valence-corrected chi connectivity index (χ3v) is 7.03. The van der Waals surface area contributed by atoms with Crippen molar-refractivity contribution < 1.29 is 46.8 Å². The van der Waals surface area contributed by atoms with Gasteiger partial charge in [-0.05, 0) is 49.2 Å². The molecule has 1 aliphatic heterocycles. The molecule has 0 bridgehead atoms. The van der Waals surface area contributed by atoms with Crippen molar-refractivity contribution >= 4 is 40.1 Å². The van der Waals surface area contributed by atoms with Gasteiger partial charge in [0.2, 0.25) is 23.4 Å². The Morgan fingerprint density at radius 2 is 1.57 bits per heavy atom. The molecule has 3 aromatic carbocycles. The summed E-state index contributed by atoms with van der Waals surface area (Å²) in [6, 6.07) is 10.5. The highest BCUT2D eigenvalue weighted by atomic mass is 19.1. The quantitative estimate of drug-likeness (QED) is 0.208. The largest absolute Gasteiger partial charge is 0.485 e. The van der Waals surface area contributed by atoms with Crippen LogP contribution >= 0.6 is 0 Å². The second kappa shape index (κ2) is 11.6. The Hall–Kier alpha value is -5.53. The monoisotopic (exact) mass is 606 g/mol. The fourth-order valence-corrected chi connectivity index (χ4v) is 4.54. The van der Waals surface area contributed by atoms with Crippen molar-refractivity contribution in [2.75, 3.05) is 37.6 Å². The van der Waals surface area contributed by atoms with Crippen molar-refractivity contribution in [3.05, 3.63) is 66.5 Å². The second-order valence-electron chi connectivity index (χ2n) is 9.91. The average Bonchev–Trinajstić information content (AvgIpc) is 3.85. The highest BCUT2D eigenvalue weighted by molar-refractivity contribution is 6.16. The molecule has 2 aliphatic rings. The van der Waals surface area contributed by atoms with Crippen LogP contribution in [0.4, 0.5) is 20.2 Å². The molecule has 1 saturated carbocycles. The van der Waals surface area contributed by atoms with Gasteiger partial charge >= 0.3 is 5.97 Å². The molecular weight excluding hydrogens is 582 g/mol. The maximum Gasteiger partial charge on any atom is 0.343 e. The summed E-state index contributed by atoms with van der Waals surface area (Å²) < 4.78 is 55.9. The van der Waals surface area contributed by atoms with Crippen LogP contribution in [-0.4, -0.2) is 54.7 Å². The highest BCUT2D eigenvalue weighted by Gasteiger charge is 2.56. The smallest absolute Gasteiger partial charge is 0.343 e. The lowest BCUT2D eigenvalue weighted by Gasteiger charge is -2.23. The molecule has 1 aliphatic carbocycles. The van der Waals surface area contributed by atoms with Crippen LogP contribution in [0.3, 0.4) is 0 Å². The Labute approximate surface area is 248 Å². The number of methoxy groups -OCH3 is 1. The third-order valence-electron chi connectivity index (χ3n) is 7.03. The number of nitrogens with zero attached hydrogens (tertiary/aromatic N) is 2. The average molecular weight is 607 g/mol. The van der Waals surface area contributed by atoms with Gasteiger partial charge in [0, 0.05) is 23.5 Å². The molecule has 14 heteroatoms. The second-order valence-corrected chi connectivity index (χ2v) is 9.91. The molecule has 44 heavy (non-hydrogen) atoms. The fraction of sp³-hybridized carbons (Fsp3) is 0.233. The Balaban J connectivity index is 1.20. The number of aromatic nitrogens is 2. The molecule has 1 fully saturated rings. The number of halogens is 2. The van der Waals surface area contributed by atoms with Gasteiger partial charge in [-0.15, -0.1) is 0 Å². The summed E-state index contributed by atoms with van der Waals surface area (Å²) in [5, 5.41) is 5.49. The summed E-state index contributed by atoms with van der Waals surface area (Å²) in [6.45, 7) is 0.0391. The predicted molar refractivity (Wildman–Crippen MR) is 150 cm³/mol. The summed E-state index contributed by atoms with van der Waals surface area (Å²) in [5.41, 5.74) is -0.546. The summed E-state index contributed by atoms with van der Waals surface area (Å²) in [5.74, 6) is -2.68. The van der Waals surface area contributed by atoms with Crippen LogP contribution in [0.2, 0.25) is 0 Å². The Kier molecular flexibility index (Phi) is 7.55. The molecule has 226 valence electrons. The van der Waals surface area contributed by atoms with Crippen LogP contribution in [0.15, 0.2) is 54.9 Å². The normalized spacial score (nSPS) is 14.3. The van der Waals surface area contributed by atoms with Crippen LogP contribution in [0.1, 0.15) is 12.8 Å². The van der Waals surface area contributed by atoms with E-state index in [-0.39, 0.29) is 59.8 Å². The van der Waals surface area contributed by atoms with Gasteiger partial charge in [-0.2, -0.15) is 0 Å². The van der Waals surface area contributed by atoms with E-state index in [1.807, 2.05) is 0 Å². The minimum absolute atomic E-state index is 0.0404. The molecule has 12 nitrogen and oxygen atoms in total. The van der Waals surface area contributed by atoms with Gasteiger partial charge in [-0.3, -0.25) is 9.59 Å². The third kappa shape index (κ3) is 5.61. The SMILES string of the molecule is COC(=O)COc1cc2ncnc(Oc3ccc(NC(=O)C4(C(=O)Nc5ccc(F)cc5)CC4)cc3F)c2c2c1OCCO2. The summed E-state index contributed by atoms with van der Waals surface area (Å²) >= 11 is 0. The molecule has 2 N–H and O–H groups in total. The molecule has 4 aromatic rings. The number of carbonyl (C=O) groups excluding carboxylic acids is 3. The number of hydrogen-bond donors (Lipinski definition) is 2. The number of amides is 2. The van der Waals surface area contributed by atoms with E-state index in [0.717, 1.165) is 6.07 Å². The number of carbonyl (C=O) groups is 3. The van der Waals surface area contributed by atoms with E-state index in [0.29, 0.717) is 24.0 Å². The van der Waals surface area contributed by atoms with Gasteiger partial charge in [0.25, 0.3) is 0 Å². The van der Waals surface area contributed by atoms with Gasteiger partial charge in [0.15, 0.2) is 29.7 Å². The number of ether oxygens (including phenoxy) is 5. The first-order valence-electron chi connectivity index (χ1n) is 13.4. The first-order chi connectivity index (χ1) is 21.3. The molecule has 0 saturated heterocycles. The van der Waals surface area contributed by atoms with Crippen molar-refractivity contribution in [2.24, 2.45) is 5.41 Å². The summed E-state index contributed by atoms with van der Waals surface area (Å²) in [6.07, 6.45) is 1.82. The minimum Gasteiger partial charge on any atom is -0.485 e. The van der Waals surface area contributed by atoms with Crippen molar-refractivity contribution in [2.45, 2.75) is 12.8 Å². The van der Waals surface area contributed by atoms with Crippen molar-refractivity contribution in [3.8, 4) is 28.9 Å². The lowest BCUT2D eigenvalue weighted by molar-refractivity contribution is -0.143. The van der Waals surface area contributed by atoms with E-state index >= 15 is 4.39 Å². The molecule has 0 atom stereocenters. The van der Waals surface area contributed by atoms with Crippen LogP contribution < -0.4 is 29.6 Å². The van der Waals surface area contributed by atoms with E-state index in [9.17, 15) is 18.8 Å². The van der Waals surface area contributed by atoms with Crippen LogP contribution in [0.5, 0.6) is 28.9 Å². The molecule has 2 amide bonds. The summed E-state index contributed by atoms with van der Waals surface area (Å²) in [7, 11) is 1.23. The van der Waals surface area contributed by atoms with E-state index in [1.165, 1.54) is 55.9 Å². The number of hydrogen-bond acceptors (Lipinski definition) is 10. The van der Waals surface area contributed by atoms with Crippen molar-refractivity contribution in [3.63, 3.8) is 0 Å². The van der Waals surface area contributed by atoms with Crippen LogP contribution in [-0.2, 0) is 19.1 Å². The lowest BCUT2D eigenvalue weighted by atomic mass is 10.0. The number of anilines is 2. The molecular formula is C30H24F2N4O8. The maximum atomic E-state index is 15.2. The van der Waals surface area contributed by atoms with Crippen LogP contribution in [0, 0.1) is 17.0 Å². The Morgan fingerprint density at radius 3 is 2.25 bits per heavy atom. The number of benzene rings is 3. The van der Waals surface area contributed by atoms with Crippen molar-refractivity contribution in [1.82, 2.24) is 9.97 Å². The van der Waals surface area contributed by atoms with E-state index < -0.39 is 34.8 Å². The molecule has 6 rings (SSSR count). The maximum absolute atomic E-state index is 15.2. The van der Waals surface area contributed by atoms with Gasteiger partial charge in [-0.25, -0.2) is 23.5 Å². The van der Waals surface area contributed by atoms with Gasteiger partial charge < -0.3 is 34.3 Å². The van der Waals surface area contributed by atoms with E-state index in [4.69, 9.17) is 18.9 Å². The lowest BCUT2D eigenvalue weighted by Crippen LogP contribution is -2.35. The molecule has 0 radical (unpaired) electrons. The number of fused-ring (bicyclic) bond motifs is 3. The predicted octanol–water partition coefficient (Wildman–Crippen LogP) is 4.38. The molecule has 0 spiro atoms. The van der Waals surface area contributed by atoms with Gasteiger partial charge in [-0.1, -0.05) is 0 Å². The number of nitrogens with one attached hydrogen (secondary N) is 2. The standard InChI is InChI=1S/C30H24F2N4O8/c1-40-23(37)14-43-22-13-20-24(26-25(22)41-10-11-42-26)27(34-15-33-20)44-21-7-6-18(12-19(21)32)36-29(39)30(8-9-30)28(38)35-17-4-2-16(31)3-5-17/h2-7,12-13,15H,8-11,14H2,1H3,(H,35,38)(H,36,39). The summed E-state index contributed by atoms with van der Waals surface area (Å²) in [4.78, 5) is 45.8. The molecule has 2 heterocycles. The first kappa shape index (κ1) is 28.6. The zero-order chi connectivity index (χ0) is 30.8. The number of rotatable bonds is 9. The first-order valence-corrected chi connectivity index (χ1v) is 13.4. The Morgan fingerprint density at radius 1 is 0.886 bits per heavy atom. The zero-order valence-corrected chi connectivity index (χ0v) is 23.1. The van der Waals surface area contributed by atoms with Crippen molar-refractivity contribution in [1.29, 1.82) is 0 Å². The topological polar surface area (TPSA) is 147 Å². The minimum atomic E-state index is -1.32. The highest BCUT2D eigenvalue weighted by Crippen LogP contribution is 2.49. The molecule has 1 aromatic heterocycles. The molecule has 0 unspecified atom stereocenters. The number of esters is 1. The zero-order valence-electron chi connectivity index (χ0n) is 23.1. The van der Waals surface area contributed by atoms with Crippen LogP contribution in [0.25, 0.3) is 10.9 Å². The van der Waals surface area contributed by atoms with Gasteiger partial charge in [0.05, 0.1) is 12.6 Å². The van der Waals surface area contributed by atoms with E-state index in [2.05, 4.69) is 25.3 Å². The van der Waals surface area contributed by atoms with Gasteiger partial charge in [0.1, 0.15) is 36.2 Å². The fourth-order valence-electron chi connectivity index (χ4n) is 4.54. The van der Waals surface area contributed by atoms with E-state index in [1.54, 1.807) is 0 Å². The Bertz CT molecular complexity index is 1780.